The normalized spacial score (nSPS) is 10.2. The molecule has 0 amide bonds. The maximum Gasteiger partial charge on any atom is 0.335 e. The lowest BCUT2D eigenvalue weighted by atomic mass is 10.2. The van der Waals surface area contributed by atoms with Crippen LogP contribution >= 0.6 is 0 Å². The number of aromatic carboxylic acids is 1. The highest BCUT2D eigenvalue weighted by molar-refractivity contribution is 5.88. The van der Waals surface area contributed by atoms with Crippen LogP contribution in [0.2, 0.25) is 0 Å². The van der Waals surface area contributed by atoms with Crippen molar-refractivity contribution in [1.82, 2.24) is 9.97 Å². The van der Waals surface area contributed by atoms with Gasteiger partial charge in [-0.05, 0) is 38.1 Å². The molecule has 104 valence electrons. The Morgan fingerprint density at radius 3 is 2.30 bits per heavy atom. The van der Waals surface area contributed by atoms with E-state index < -0.39 is 5.97 Å². The van der Waals surface area contributed by atoms with Crippen LogP contribution in [0.3, 0.4) is 0 Å². The molecule has 6 heteroatoms. The molecular weight excluding hydrogens is 260 g/mol. The number of aromatic nitrogens is 2. The van der Waals surface area contributed by atoms with Gasteiger partial charge in [-0.25, -0.2) is 14.8 Å². The molecule has 20 heavy (non-hydrogen) atoms. The fourth-order valence-electron chi connectivity index (χ4n) is 1.72. The molecule has 1 heterocycles. The molecule has 0 saturated heterocycles. The first-order valence-electron chi connectivity index (χ1n) is 5.91. The van der Waals surface area contributed by atoms with Crippen molar-refractivity contribution in [1.29, 1.82) is 0 Å². The van der Waals surface area contributed by atoms with Crippen LogP contribution < -0.4 is 9.47 Å². The summed E-state index contributed by atoms with van der Waals surface area (Å²) >= 11 is 0. The first kappa shape index (κ1) is 13.8. The van der Waals surface area contributed by atoms with Crippen LogP contribution in [-0.2, 0) is 0 Å². The molecule has 0 atom stereocenters. The number of hydrogen-bond donors (Lipinski definition) is 1. The molecule has 0 radical (unpaired) electrons. The third kappa shape index (κ3) is 3.03. The minimum absolute atomic E-state index is 0.121. The lowest BCUT2D eigenvalue weighted by Crippen LogP contribution is -2.00. The highest BCUT2D eigenvalue weighted by Gasteiger charge is 2.12. The molecular formula is C14H14N2O4. The molecule has 0 aliphatic heterocycles. The molecule has 0 bridgehead atoms. The van der Waals surface area contributed by atoms with E-state index in [2.05, 4.69) is 9.97 Å². The predicted molar refractivity (Wildman–Crippen MR) is 71.5 cm³/mol. The number of benzene rings is 1. The summed E-state index contributed by atoms with van der Waals surface area (Å²) in [5.74, 6) is -0.354. The molecule has 1 N–H and O–H groups in total. The van der Waals surface area contributed by atoms with Crippen LogP contribution in [0.25, 0.3) is 0 Å². The summed E-state index contributed by atoms with van der Waals surface area (Å²) in [6, 6.07) is 6.37. The van der Waals surface area contributed by atoms with E-state index in [1.54, 1.807) is 0 Å². The summed E-state index contributed by atoms with van der Waals surface area (Å²) in [6.07, 6.45) is 0. The smallest absolute Gasteiger partial charge is 0.335 e. The molecule has 1 aromatic carbocycles. The van der Waals surface area contributed by atoms with Crippen molar-refractivity contribution >= 4 is 5.97 Å². The second-order valence-corrected chi connectivity index (χ2v) is 4.21. The van der Waals surface area contributed by atoms with Crippen LogP contribution in [0.5, 0.6) is 17.5 Å². The van der Waals surface area contributed by atoms with Crippen molar-refractivity contribution in [2.24, 2.45) is 0 Å². The lowest BCUT2D eigenvalue weighted by molar-refractivity contribution is 0.0696. The number of hydrogen-bond acceptors (Lipinski definition) is 5. The van der Waals surface area contributed by atoms with E-state index in [-0.39, 0.29) is 11.6 Å². The molecule has 6 nitrogen and oxygen atoms in total. The van der Waals surface area contributed by atoms with Gasteiger partial charge in [0.05, 0.1) is 12.7 Å². The molecule has 0 saturated carbocycles. The number of carbonyl (C=O) groups is 1. The minimum atomic E-state index is -1.03. The number of carboxylic acid groups (broad SMARTS) is 1. The maximum absolute atomic E-state index is 10.9. The summed E-state index contributed by atoms with van der Waals surface area (Å²) in [4.78, 5) is 19.2. The fraction of sp³-hybridized carbons (Fsp3) is 0.214. The summed E-state index contributed by atoms with van der Waals surface area (Å²) in [7, 11) is 1.44. The van der Waals surface area contributed by atoms with Crippen LogP contribution in [-0.4, -0.2) is 28.2 Å². The zero-order chi connectivity index (χ0) is 14.7. The highest BCUT2D eigenvalue weighted by atomic mass is 16.5. The summed E-state index contributed by atoms with van der Waals surface area (Å²) in [5, 5.41) is 8.94. The second-order valence-electron chi connectivity index (χ2n) is 4.21. The first-order chi connectivity index (χ1) is 9.49. The van der Waals surface area contributed by atoms with E-state index in [0.29, 0.717) is 11.5 Å². The standard InChI is InChI=1S/C14H14N2O4/c1-8-6-9(2)16-14(15-8)20-11-5-4-10(13(17)18)7-12(11)19-3/h4-7H,1-3H3,(H,17,18). The Balaban J connectivity index is 2.35. The zero-order valence-corrected chi connectivity index (χ0v) is 11.4. The van der Waals surface area contributed by atoms with Gasteiger partial charge in [-0.15, -0.1) is 0 Å². The van der Waals surface area contributed by atoms with Gasteiger partial charge in [-0.3, -0.25) is 0 Å². The Hall–Kier alpha value is -2.63. The van der Waals surface area contributed by atoms with E-state index in [4.69, 9.17) is 14.6 Å². The van der Waals surface area contributed by atoms with E-state index in [1.807, 2.05) is 19.9 Å². The Labute approximate surface area is 116 Å². The maximum atomic E-state index is 10.9. The average Bonchev–Trinajstić information content (AvgIpc) is 2.37. The Bertz CT molecular complexity index is 635. The summed E-state index contributed by atoms with van der Waals surface area (Å²) in [5.41, 5.74) is 1.69. The van der Waals surface area contributed by atoms with E-state index >= 15 is 0 Å². The van der Waals surface area contributed by atoms with Crippen molar-refractivity contribution in [3.8, 4) is 17.5 Å². The molecule has 0 spiro atoms. The number of nitrogens with zero attached hydrogens (tertiary/aromatic N) is 2. The molecule has 1 aromatic heterocycles. The van der Waals surface area contributed by atoms with Gasteiger partial charge in [0, 0.05) is 11.4 Å². The summed E-state index contributed by atoms with van der Waals surface area (Å²) < 4.78 is 10.7. The largest absolute Gasteiger partial charge is 0.493 e. The van der Waals surface area contributed by atoms with Gasteiger partial charge in [-0.2, -0.15) is 0 Å². The Morgan fingerprint density at radius 2 is 1.75 bits per heavy atom. The van der Waals surface area contributed by atoms with Gasteiger partial charge < -0.3 is 14.6 Å². The molecule has 2 rings (SSSR count). The molecule has 2 aromatic rings. The molecule has 0 unspecified atom stereocenters. The molecule has 0 aliphatic rings. The third-order valence-electron chi connectivity index (χ3n) is 2.57. The third-order valence-corrected chi connectivity index (χ3v) is 2.57. The van der Waals surface area contributed by atoms with E-state index in [0.717, 1.165) is 11.4 Å². The number of aryl methyl sites for hydroxylation is 2. The van der Waals surface area contributed by atoms with Gasteiger partial charge >= 0.3 is 12.0 Å². The van der Waals surface area contributed by atoms with Gasteiger partial charge in [0.1, 0.15) is 0 Å². The van der Waals surface area contributed by atoms with Crippen LogP contribution in [0, 0.1) is 13.8 Å². The number of rotatable bonds is 4. The first-order valence-corrected chi connectivity index (χ1v) is 5.91. The number of carboxylic acids is 1. The van der Waals surface area contributed by atoms with Gasteiger partial charge in [0.15, 0.2) is 11.5 Å². The van der Waals surface area contributed by atoms with E-state index in [9.17, 15) is 4.79 Å². The highest BCUT2D eigenvalue weighted by Crippen LogP contribution is 2.31. The quantitative estimate of drug-likeness (QED) is 0.922. The van der Waals surface area contributed by atoms with Crippen molar-refractivity contribution in [3.05, 3.63) is 41.2 Å². The van der Waals surface area contributed by atoms with E-state index in [1.165, 1.54) is 25.3 Å². The van der Waals surface area contributed by atoms with Crippen molar-refractivity contribution < 1.29 is 19.4 Å². The Morgan fingerprint density at radius 1 is 1.10 bits per heavy atom. The van der Waals surface area contributed by atoms with Crippen LogP contribution in [0.4, 0.5) is 0 Å². The topological polar surface area (TPSA) is 81.5 Å². The average molecular weight is 274 g/mol. The van der Waals surface area contributed by atoms with Crippen molar-refractivity contribution in [3.63, 3.8) is 0 Å². The second kappa shape index (κ2) is 5.56. The van der Waals surface area contributed by atoms with Crippen LogP contribution in [0.1, 0.15) is 21.7 Å². The number of ether oxygens (including phenoxy) is 2. The lowest BCUT2D eigenvalue weighted by Gasteiger charge is -2.10. The van der Waals surface area contributed by atoms with Gasteiger partial charge in [0.25, 0.3) is 0 Å². The van der Waals surface area contributed by atoms with Gasteiger partial charge in [-0.1, -0.05) is 0 Å². The molecule has 0 fully saturated rings. The Kier molecular flexibility index (Phi) is 3.84. The van der Waals surface area contributed by atoms with Crippen LogP contribution in [0.15, 0.2) is 24.3 Å². The summed E-state index contributed by atoms with van der Waals surface area (Å²) in [6.45, 7) is 3.68. The number of methoxy groups -OCH3 is 1. The SMILES string of the molecule is COc1cc(C(=O)O)ccc1Oc1nc(C)cc(C)n1. The van der Waals surface area contributed by atoms with Gasteiger partial charge in [0.2, 0.25) is 0 Å². The predicted octanol–water partition coefficient (Wildman–Crippen LogP) is 2.59. The minimum Gasteiger partial charge on any atom is -0.493 e. The van der Waals surface area contributed by atoms with Crippen molar-refractivity contribution in [2.45, 2.75) is 13.8 Å². The van der Waals surface area contributed by atoms with Crippen molar-refractivity contribution in [2.75, 3.05) is 7.11 Å². The fourth-order valence-corrected chi connectivity index (χ4v) is 1.72. The monoisotopic (exact) mass is 274 g/mol. The molecule has 0 aliphatic carbocycles. The zero-order valence-electron chi connectivity index (χ0n) is 11.4.